The Labute approximate surface area is 162 Å². The standard InChI is InChI=1S/C20H19ClN4O2/c1-12-8-9-14(21)11-16(12)24-20-22-13(2)10-17(25-20)19(26)23-15-6-4-5-7-18(15)27-3/h4-11H,1-3H3,(H,23,26)(H,22,24,25). The maximum atomic E-state index is 12.7. The number of aryl methyl sites for hydroxylation is 2. The van der Waals surface area contributed by atoms with E-state index in [1.54, 1.807) is 38.3 Å². The van der Waals surface area contributed by atoms with Crippen LogP contribution in [0.5, 0.6) is 5.75 Å². The van der Waals surface area contributed by atoms with Crippen molar-refractivity contribution in [1.29, 1.82) is 0 Å². The van der Waals surface area contributed by atoms with Crippen LogP contribution in [0.2, 0.25) is 5.02 Å². The number of hydrogen-bond donors (Lipinski definition) is 2. The molecule has 0 aliphatic rings. The summed E-state index contributed by atoms with van der Waals surface area (Å²) in [5.74, 6) is 0.547. The highest BCUT2D eigenvalue weighted by Gasteiger charge is 2.13. The number of aromatic nitrogens is 2. The second kappa shape index (κ2) is 8.05. The van der Waals surface area contributed by atoms with Gasteiger partial charge in [-0.15, -0.1) is 0 Å². The Morgan fingerprint density at radius 3 is 2.59 bits per heavy atom. The van der Waals surface area contributed by atoms with Crippen LogP contribution in [0.3, 0.4) is 0 Å². The van der Waals surface area contributed by atoms with E-state index in [-0.39, 0.29) is 11.6 Å². The summed E-state index contributed by atoms with van der Waals surface area (Å²) in [6.07, 6.45) is 0. The molecule has 3 aromatic rings. The van der Waals surface area contributed by atoms with Gasteiger partial charge in [-0.25, -0.2) is 9.97 Å². The minimum Gasteiger partial charge on any atom is -0.495 e. The van der Waals surface area contributed by atoms with Crippen LogP contribution in [-0.4, -0.2) is 23.0 Å². The smallest absolute Gasteiger partial charge is 0.274 e. The van der Waals surface area contributed by atoms with Gasteiger partial charge in [0.1, 0.15) is 11.4 Å². The van der Waals surface area contributed by atoms with E-state index >= 15 is 0 Å². The number of carbonyl (C=O) groups is 1. The Balaban J connectivity index is 1.86. The maximum Gasteiger partial charge on any atom is 0.274 e. The van der Waals surface area contributed by atoms with Gasteiger partial charge in [-0.05, 0) is 49.7 Å². The van der Waals surface area contributed by atoms with Crippen molar-refractivity contribution in [3.63, 3.8) is 0 Å². The van der Waals surface area contributed by atoms with Crippen molar-refractivity contribution in [3.8, 4) is 5.75 Å². The molecule has 0 fully saturated rings. The summed E-state index contributed by atoms with van der Waals surface area (Å²) < 4.78 is 5.26. The topological polar surface area (TPSA) is 76.1 Å². The molecule has 0 atom stereocenters. The number of benzene rings is 2. The van der Waals surface area contributed by atoms with E-state index in [0.717, 1.165) is 11.3 Å². The molecular weight excluding hydrogens is 364 g/mol. The zero-order valence-corrected chi connectivity index (χ0v) is 16.0. The van der Waals surface area contributed by atoms with Crippen LogP contribution in [0.15, 0.2) is 48.5 Å². The van der Waals surface area contributed by atoms with Crippen molar-refractivity contribution in [2.75, 3.05) is 17.7 Å². The average Bonchev–Trinajstić information content (AvgIpc) is 2.64. The number of halogens is 1. The normalized spacial score (nSPS) is 10.4. The number of rotatable bonds is 5. The van der Waals surface area contributed by atoms with Gasteiger partial charge in [-0.3, -0.25) is 4.79 Å². The summed E-state index contributed by atoms with van der Waals surface area (Å²) in [5.41, 5.74) is 3.25. The van der Waals surface area contributed by atoms with Crippen molar-refractivity contribution < 1.29 is 9.53 Å². The molecule has 1 heterocycles. The lowest BCUT2D eigenvalue weighted by atomic mass is 10.2. The molecule has 0 saturated heterocycles. The summed E-state index contributed by atoms with van der Waals surface area (Å²) >= 11 is 6.06. The van der Waals surface area contributed by atoms with Gasteiger partial charge in [-0.2, -0.15) is 0 Å². The molecule has 0 spiro atoms. The van der Waals surface area contributed by atoms with Crippen LogP contribution in [0.1, 0.15) is 21.7 Å². The molecule has 7 heteroatoms. The largest absolute Gasteiger partial charge is 0.495 e. The third-order valence-electron chi connectivity index (χ3n) is 3.89. The number of para-hydroxylation sites is 2. The van der Waals surface area contributed by atoms with Crippen LogP contribution in [0.25, 0.3) is 0 Å². The van der Waals surface area contributed by atoms with E-state index in [0.29, 0.717) is 28.1 Å². The van der Waals surface area contributed by atoms with Crippen LogP contribution >= 0.6 is 11.6 Å². The quantitative estimate of drug-likeness (QED) is 0.665. The molecular formula is C20H19ClN4O2. The van der Waals surface area contributed by atoms with E-state index in [1.807, 2.05) is 31.2 Å². The Kier molecular flexibility index (Phi) is 5.57. The van der Waals surface area contributed by atoms with Crippen molar-refractivity contribution in [3.05, 3.63) is 70.5 Å². The first-order valence-corrected chi connectivity index (χ1v) is 8.67. The molecule has 3 rings (SSSR count). The number of methoxy groups -OCH3 is 1. The predicted octanol–water partition coefficient (Wildman–Crippen LogP) is 4.75. The Morgan fingerprint density at radius 1 is 1.04 bits per heavy atom. The molecule has 2 N–H and O–H groups in total. The first-order valence-electron chi connectivity index (χ1n) is 8.29. The molecule has 0 unspecified atom stereocenters. The summed E-state index contributed by atoms with van der Waals surface area (Å²) in [4.78, 5) is 21.3. The molecule has 6 nitrogen and oxygen atoms in total. The lowest BCUT2D eigenvalue weighted by Gasteiger charge is -2.12. The molecule has 0 aliphatic heterocycles. The van der Waals surface area contributed by atoms with E-state index in [9.17, 15) is 4.79 Å². The number of anilines is 3. The molecule has 1 aromatic heterocycles. The number of amides is 1. The Morgan fingerprint density at radius 2 is 1.81 bits per heavy atom. The monoisotopic (exact) mass is 382 g/mol. The van der Waals surface area contributed by atoms with Gasteiger partial charge >= 0.3 is 0 Å². The van der Waals surface area contributed by atoms with Gasteiger partial charge in [0.2, 0.25) is 5.95 Å². The molecule has 0 bridgehead atoms. The summed E-state index contributed by atoms with van der Waals surface area (Å²) in [6.45, 7) is 3.75. The highest BCUT2D eigenvalue weighted by atomic mass is 35.5. The molecule has 27 heavy (non-hydrogen) atoms. The van der Waals surface area contributed by atoms with Crippen molar-refractivity contribution in [2.45, 2.75) is 13.8 Å². The SMILES string of the molecule is COc1ccccc1NC(=O)c1cc(C)nc(Nc2cc(Cl)ccc2C)n1. The van der Waals surface area contributed by atoms with Gasteiger partial charge in [0.05, 0.1) is 12.8 Å². The first-order chi connectivity index (χ1) is 13.0. The van der Waals surface area contributed by atoms with Gasteiger partial charge in [0.25, 0.3) is 5.91 Å². The Bertz CT molecular complexity index is 991. The lowest BCUT2D eigenvalue weighted by Crippen LogP contribution is -2.16. The van der Waals surface area contributed by atoms with Gasteiger partial charge in [0, 0.05) is 16.4 Å². The van der Waals surface area contributed by atoms with E-state index in [1.165, 1.54) is 0 Å². The molecule has 0 aliphatic carbocycles. The van der Waals surface area contributed by atoms with Crippen LogP contribution < -0.4 is 15.4 Å². The van der Waals surface area contributed by atoms with Crippen LogP contribution in [0, 0.1) is 13.8 Å². The number of carbonyl (C=O) groups excluding carboxylic acids is 1. The fraction of sp³-hybridized carbons (Fsp3) is 0.150. The highest BCUT2D eigenvalue weighted by Crippen LogP contribution is 2.25. The number of nitrogens with zero attached hydrogens (tertiary/aromatic N) is 2. The zero-order chi connectivity index (χ0) is 19.4. The molecule has 2 aromatic carbocycles. The number of nitrogens with one attached hydrogen (secondary N) is 2. The molecule has 138 valence electrons. The maximum absolute atomic E-state index is 12.7. The Hall–Kier alpha value is -3.12. The number of hydrogen-bond acceptors (Lipinski definition) is 5. The van der Waals surface area contributed by atoms with Crippen LogP contribution in [-0.2, 0) is 0 Å². The van der Waals surface area contributed by atoms with Crippen molar-refractivity contribution in [1.82, 2.24) is 9.97 Å². The molecule has 1 amide bonds. The second-order valence-electron chi connectivity index (χ2n) is 5.96. The minimum atomic E-state index is -0.351. The predicted molar refractivity (Wildman–Crippen MR) is 107 cm³/mol. The third-order valence-corrected chi connectivity index (χ3v) is 4.12. The highest BCUT2D eigenvalue weighted by molar-refractivity contribution is 6.30. The van der Waals surface area contributed by atoms with E-state index < -0.39 is 0 Å². The van der Waals surface area contributed by atoms with E-state index in [4.69, 9.17) is 16.3 Å². The molecule has 0 radical (unpaired) electrons. The van der Waals surface area contributed by atoms with Crippen molar-refractivity contribution in [2.24, 2.45) is 0 Å². The van der Waals surface area contributed by atoms with Crippen LogP contribution in [0.4, 0.5) is 17.3 Å². The van der Waals surface area contributed by atoms with Gasteiger partial charge in [0.15, 0.2) is 0 Å². The molecule has 0 saturated carbocycles. The average molecular weight is 383 g/mol. The van der Waals surface area contributed by atoms with Crippen molar-refractivity contribution >= 4 is 34.8 Å². The third kappa shape index (κ3) is 4.54. The number of ether oxygens (including phenoxy) is 1. The fourth-order valence-corrected chi connectivity index (χ4v) is 2.70. The summed E-state index contributed by atoms with van der Waals surface area (Å²) in [7, 11) is 1.55. The lowest BCUT2D eigenvalue weighted by molar-refractivity contribution is 0.102. The first kappa shape index (κ1) is 18.7. The summed E-state index contributed by atoms with van der Waals surface area (Å²) in [5, 5.41) is 6.54. The van der Waals surface area contributed by atoms with Gasteiger partial charge < -0.3 is 15.4 Å². The summed E-state index contributed by atoms with van der Waals surface area (Å²) in [6, 6.07) is 14.3. The fourth-order valence-electron chi connectivity index (χ4n) is 2.52. The minimum absolute atomic E-state index is 0.246. The zero-order valence-electron chi connectivity index (χ0n) is 15.2. The van der Waals surface area contributed by atoms with E-state index in [2.05, 4.69) is 20.6 Å². The van der Waals surface area contributed by atoms with Gasteiger partial charge in [-0.1, -0.05) is 29.8 Å². The second-order valence-corrected chi connectivity index (χ2v) is 6.39.